The maximum absolute atomic E-state index is 13.9. The van der Waals surface area contributed by atoms with Crippen LogP contribution in [0.25, 0.3) is 0 Å². The minimum atomic E-state index is -0.504. The molecule has 1 aromatic carbocycles. The lowest BCUT2D eigenvalue weighted by Gasteiger charge is -2.23. The molecule has 2 atom stereocenters. The molecule has 1 heterocycles. The van der Waals surface area contributed by atoms with E-state index in [-0.39, 0.29) is 18.5 Å². The van der Waals surface area contributed by atoms with Crippen molar-refractivity contribution in [3.05, 3.63) is 34.6 Å². The van der Waals surface area contributed by atoms with Gasteiger partial charge in [0.15, 0.2) is 0 Å². The van der Waals surface area contributed by atoms with Crippen molar-refractivity contribution in [3.63, 3.8) is 0 Å². The maximum Gasteiger partial charge on any atom is 0.141 e. The van der Waals surface area contributed by atoms with Crippen molar-refractivity contribution in [1.29, 1.82) is 0 Å². The summed E-state index contributed by atoms with van der Waals surface area (Å²) in [7, 11) is 0. The largest absolute Gasteiger partial charge is 0.394 e. The van der Waals surface area contributed by atoms with Crippen LogP contribution >= 0.6 is 11.6 Å². The molecule has 3 nitrogen and oxygen atoms in total. The van der Waals surface area contributed by atoms with Crippen molar-refractivity contribution in [2.24, 2.45) is 0 Å². The van der Waals surface area contributed by atoms with Gasteiger partial charge >= 0.3 is 0 Å². The smallest absolute Gasteiger partial charge is 0.141 e. The molecule has 2 rings (SSSR count). The molecule has 0 aliphatic carbocycles. The summed E-state index contributed by atoms with van der Waals surface area (Å²) in [5.74, 6) is -0.368. The summed E-state index contributed by atoms with van der Waals surface area (Å²) >= 11 is 6.06. The summed E-state index contributed by atoms with van der Waals surface area (Å²) in [6, 6.07) is 4.60. The first-order valence-corrected chi connectivity index (χ1v) is 6.49. The van der Waals surface area contributed by atoms with Crippen molar-refractivity contribution in [3.8, 4) is 0 Å². The fourth-order valence-electron chi connectivity index (χ4n) is 2.26. The van der Waals surface area contributed by atoms with E-state index >= 15 is 0 Å². The number of benzene rings is 1. The Morgan fingerprint density at radius 2 is 2.33 bits per heavy atom. The molecule has 0 saturated carbocycles. The topological polar surface area (TPSA) is 32.7 Å². The van der Waals surface area contributed by atoms with Gasteiger partial charge in [-0.15, -0.1) is 0 Å². The van der Waals surface area contributed by atoms with E-state index in [1.54, 1.807) is 12.1 Å². The highest BCUT2D eigenvalue weighted by atomic mass is 35.5. The lowest BCUT2D eigenvalue weighted by molar-refractivity contribution is -0.0213. The summed E-state index contributed by atoms with van der Waals surface area (Å²) in [5.41, 5.74) is 0.364. The van der Waals surface area contributed by atoms with Gasteiger partial charge in [0.25, 0.3) is 0 Å². The Morgan fingerprint density at radius 3 is 2.94 bits per heavy atom. The summed E-state index contributed by atoms with van der Waals surface area (Å²) in [4.78, 5) is 2.01. The molecule has 1 N–H and O–H groups in total. The quantitative estimate of drug-likeness (QED) is 0.915. The molecule has 0 spiro atoms. The van der Waals surface area contributed by atoms with Crippen LogP contribution in [0, 0.1) is 5.82 Å². The van der Waals surface area contributed by atoms with Gasteiger partial charge in [-0.25, -0.2) is 4.39 Å². The zero-order valence-corrected chi connectivity index (χ0v) is 11.0. The van der Waals surface area contributed by atoms with E-state index in [1.807, 2.05) is 11.8 Å². The number of hydrogen-bond acceptors (Lipinski definition) is 3. The maximum atomic E-state index is 13.9. The van der Waals surface area contributed by atoms with Gasteiger partial charge in [-0.1, -0.05) is 24.6 Å². The lowest BCUT2D eigenvalue weighted by atomic mass is 10.1. The second-order valence-corrected chi connectivity index (χ2v) is 4.83. The van der Waals surface area contributed by atoms with Gasteiger partial charge in [0, 0.05) is 18.7 Å². The average molecular weight is 274 g/mol. The first-order chi connectivity index (χ1) is 8.67. The predicted octanol–water partition coefficient (Wildman–Crippen LogP) is 2.58. The van der Waals surface area contributed by atoms with Crippen LogP contribution in [0.15, 0.2) is 18.2 Å². The van der Waals surface area contributed by atoms with Gasteiger partial charge in [0.1, 0.15) is 12.0 Å². The highest BCUT2D eigenvalue weighted by Gasteiger charge is 2.35. The molecule has 2 unspecified atom stereocenters. The molecular formula is C13H17ClFNO2. The molecule has 100 valence electrons. The fraction of sp³-hybridized carbons (Fsp3) is 0.538. The number of rotatable bonds is 4. The molecule has 1 fully saturated rings. The number of aliphatic hydroxyl groups excluding tert-OH is 1. The Hall–Kier alpha value is -0.680. The molecule has 1 saturated heterocycles. The third-order valence-corrected chi connectivity index (χ3v) is 3.38. The number of nitrogens with zero attached hydrogens (tertiary/aromatic N) is 1. The first kappa shape index (κ1) is 13.7. The first-order valence-electron chi connectivity index (χ1n) is 6.11. The molecule has 18 heavy (non-hydrogen) atoms. The van der Waals surface area contributed by atoms with Crippen LogP contribution in [0.2, 0.25) is 5.02 Å². The van der Waals surface area contributed by atoms with E-state index < -0.39 is 6.23 Å². The molecule has 5 heteroatoms. The van der Waals surface area contributed by atoms with E-state index in [2.05, 4.69) is 0 Å². The van der Waals surface area contributed by atoms with Crippen molar-refractivity contribution in [2.75, 3.05) is 19.7 Å². The SMILES string of the molecule is CCCN1CC(CO)OC1c1c(F)cccc1Cl. The van der Waals surface area contributed by atoms with Crippen LogP contribution in [0.1, 0.15) is 25.1 Å². The van der Waals surface area contributed by atoms with Gasteiger partial charge in [-0.3, -0.25) is 4.90 Å². The van der Waals surface area contributed by atoms with E-state index in [9.17, 15) is 9.50 Å². The highest BCUT2D eigenvalue weighted by Crippen LogP contribution is 2.35. The standard InChI is InChI=1S/C13H17ClFNO2/c1-2-6-16-7-9(8-17)18-13(16)12-10(14)4-3-5-11(12)15/h3-5,9,13,17H,2,6-8H2,1H3. The Balaban J connectivity index is 2.29. The molecular weight excluding hydrogens is 257 g/mol. The molecule has 0 amide bonds. The molecule has 1 aliphatic rings. The summed E-state index contributed by atoms with van der Waals surface area (Å²) < 4.78 is 19.6. The average Bonchev–Trinajstić information content (AvgIpc) is 2.73. The van der Waals surface area contributed by atoms with Crippen LogP contribution in [-0.4, -0.2) is 35.8 Å². The van der Waals surface area contributed by atoms with Gasteiger partial charge < -0.3 is 9.84 Å². The molecule has 1 aromatic rings. The van der Waals surface area contributed by atoms with Gasteiger partial charge in [-0.2, -0.15) is 0 Å². The molecule has 0 bridgehead atoms. The van der Waals surface area contributed by atoms with E-state index in [1.165, 1.54) is 6.07 Å². The number of ether oxygens (including phenoxy) is 1. The minimum Gasteiger partial charge on any atom is -0.394 e. The van der Waals surface area contributed by atoms with Crippen LogP contribution < -0.4 is 0 Å². The van der Waals surface area contributed by atoms with Crippen molar-refractivity contribution < 1.29 is 14.2 Å². The normalized spacial score (nSPS) is 24.7. The Kier molecular flexibility index (Phi) is 4.56. The van der Waals surface area contributed by atoms with Gasteiger partial charge in [-0.05, 0) is 18.6 Å². The number of aliphatic hydroxyl groups is 1. The summed E-state index contributed by atoms with van der Waals surface area (Å²) in [6.07, 6.45) is 0.150. The number of halogens is 2. The van der Waals surface area contributed by atoms with E-state index in [0.717, 1.165) is 13.0 Å². The Bertz CT molecular complexity index is 396. The predicted molar refractivity (Wildman–Crippen MR) is 68.0 cm³/mol. The third kappa shape index (κ3) is 2.67. The fourth-order valence-corrected chi connectivity index (χ4v) is 2.52. The Labute approximate surface area is 111 Å². The van der Waals surface area contributed by atoms with Gasteiger partial charge in [0.2, 0.25) is 0 Å². The van der Waals surface area contributed by atoms with Crippen LogP contribution in [0.5, 0.6) is 0 Å². The van der Waals surface area contributed by atoms with Crippen molar-refractivity contribution >= 4 is 11.6 Å². The molecule has 0 radical (unpaired) electrons. The van der Waals surface area contributed by atoms with Crippen LogP contribution in [0.4, 0.5) is 4.39 Å². The van der Waals surface area contributed by atoms with E-state index in [0.29, 0.717) is 17.1 Å². The minimum absolute atomic E-state index is 0.0667. The Morgan fingerprint density at radius 1 is 1.56 bits per heavy atom. The number of hydrogen-bond donors (Lipinski definition) is 1. The highest BCUT2D eigenvalue weighted by molar-refractivity contribution is 6.31. The monoisotopic (exact) mass is 273 g/mol. The molecule has 1 aliphatic heterocycles. The zero-order chi connectivity index (χ0) is 13.1. The lowest BCUT2D eigenvalue weighted by Crippen LogP contribution is -2.27. The molecule has 0 aromatic heterocycles. The third-order valence-electron chi connectivity index (χ3n) is 3.05. The van der Waals surface area contributed by atoms with Crippen molar-refractivity contribution in [1.82, 2.24) is 4.90 Å². The van der Waals surface area contributed by atoms with Gasteiger partial charge in [0.05, 0.1) is 17.7 Å². The second-order valence-electron chi connectivity index (χ2n) is 4.42. The van der Waals surface area contributed by atoms with Crippen molar-refractivity contribution in [2.45, 2.75) is 25.7 Å². The summed E-state index contributed by atoms with van der Waals surface area (Å²) in [5, 5.41) is 9.54. The zero-order valence-electron chi connectivity index (χ0n) is 10.3. The van der Waals surface area contributed by atoms with Crippen LogP contribution in [-0.2, 0) is 4.74 Å². The second kappa shape index (κ2) is 5.97. The van der Waals surface area contributed by atoms with Crippen LogP contribution in [0.3, 0.4) is 0 Å². The van der Waals surface area contributed by atoms with E-state index in [4.69, 9.17) is 16.3 Å². The summed E-state index contributed by atoms with van der Waals surface area (Å²) in [6.45, 7) is 3.36.